The summed E-state index contributed by atoms with van der Waals surface area (Å²) in [6.45, 7) is 2.08. The Balaban J connectivity index is 2.11. The highest BCUT2D eigenvalue weighted by molar-refractivity contribution is 6.31. The summed E-state index contributed by atoms with van der Waals surface area (Å²) in [7, 11) is 0. The predicted octanol–water partition coefficient (Wildman–Crippen LogP) is 4.27. The van der Waals surface area contributed by atoms with Gasteiger partial charge in [0.05, 0.1) is 4.92 Å². The van der Waals surface area contributed by atoms with Crippen LogP contribution in [0, 0.1) is 22.9 Å². The fraction of sp³-hybridized carbons (Fsp3) is 0.143. The van der Waals surface area contributed by atoms with Gasteiger partial charge in [0.2, 0.25) is 5.82 Å². The van der Waals surface area contributed by atoms with E-state index in [2.05, 4.69) is 0 Å². The molecule has 0 fully saturated rings. The highest BCUT2D eigenvalue weighted by atomic mass is 35.5. The number of rotatable bonds is 4. The summed E-state index contributed by atoms with van der Waals surface area (Å²) in [5.41, 5.74) is 1.21. The first-order valence-corrected chi connectivity index (χ1v) is 6.17. The van der Waals surface area contributed by atoms with Crippen molar-refractivity contribution in [3.8, 4) is 5.75 Å². The van der Waals surface area contributed by atoms with E-state index in [0.717, 1.165) is 23.3 Å². The van der Waals surface area contributed by atoms with Crippen molar-refractivity contribution in [3.05, 3.63) is 68.5 Å². The van der Waals surface area contributed by atoms with Crippen LogP contribution in [0.3, 0.4) is 0 Å². The molecule has 2 rings (SSSR count). The molecule has 4 nitrogen and oxygen atoms in total. The molecule has 0 aliphatic carbocycles. The summed E-state index contributed by atoms with van der Waals surface area (Å²) in [6, 6.07) is 8.92. The average molecular weight is 296 g/mol. The van der Waals surface area contributed by atoms with E-state index in [1.807, 2.05) is 19.1 Å². The van der Waals surface area contributed by atoms with Crippen LogP contribution in [-0.4, -0.2) is 4.92 Å². The van der Waals surface area contributed by atoms with Crippen LogP contribution in [0.5, 0.6) is 5.75 Å². The lowest BCUT2D eigenvalue weighted by Crippen LogP contribution is -1.98. The third kappa shape index (κ3) is 3.24. The number of nitro benzene ring substituents is 1. The highest BCUT2D eigenvalue weighted by Crippen LogP contribution is 2.24. The predicted molar refractivity (Wildman–Crippen MR) is 73.6 cm³/mol. The van der Waals surface area contributed by atoms with Crippen LogP contribution in [0.15, 0.2) is 36.4 Å². The second kappa shape index (κ2) is 5.88. The summed E-state index contributed by atoms with van der Waals surface area (Å²) in [5, 5.41) is 11.1. The zero-order chi connectivity index (χ0) is 14.7. The average Bonchev–Trinajstić information content (AvgIpc) is 2.37. The molecular formula is C14H11ClFNO3. The van der Waals surface area contributed by atoms with E-state index in [0.29, 0.717) is 5.02 Å². The van der Waals surface area contributed by atoms with Crippen LogP contribution < -0.4 is 4.74 Å². The molecule has 0 atom stereocenters. The van der Waals surface area contributed by atoms with Gasteiger partial charge in [-0.05, 0) is 24.6 Å². The van der Waals surface area contributed by atoms with E-state index in [1.54, 1.807) is 6.07 Å². The van der Waals surface area contributed by atoms with Crippen LogP contribution in [-0.2, 0) is 6.61 Å². The van der Waals surface area contributed by atoms with Crippen molar-refractivity contribution in [1.82, 2.24) is 0 Å². The zero-order valence-electron chi connectivity index (χ0n) is 10.6. The van der Waals surface area contributed by atoms with Crippen molar-refractivity contribution in [1.29, 1.82) is 0 Å². The number of hydrogen-bond acceptors (Lipinski definition) is 3. The third-order valence-electron chi connectivity index (χ3n) is 2.72. The first-order valence-electron chi connectivity index (χ1n) is 5.79. The third-order valence-corrected chi connectivity index (χ3v) is 3.07. The Bertz CT molecular complexity index is 661. The van der Waals surface area contributed by atoms with Crippen LogP contribution in [0.4, 0.5) is 10.1 Å². The molecule has 0 aliphatic rings. The fourth-order valence-corrected chi connectivity index (χ4v) is 1.95. The summed E-state index contributed by atoms with van der Waals surface area (Å²) >= 11 is 6.05. The first-order chi connectivity index (χ1) is 9.47. The summed E-state index contributed by atoms with van der Waals surface area (Å²) in [6.07, 6.45) is 0. The van der Waals surface area contributed by atoms with Crippen molar-refractivity contribution >= 4 is 17.3 Å². The van der Waals surface area contributed by atoms with Crippen molar-refractivity contribution in [3.63, 3.8) is 0 Å². The van der Waals surface area contributed by atoms with Gasteiger partial charge in [0.25, 0.3) is 0 Å². The Morgan fingerprint density at radius 1 is 1.30 bits per heavy atom. The molecule has 2 aromatic rings. The van der Waals surface area contributed by atoms with Gasteiger partial charge < -0.3 is 4.74 Å². The second-order valence-electron chi connectivity index (χ2n) is 4.25. The van der Waals surface area contributed by atoms with Crippen molar-refractivity contribution < 1.29 is 14.1 Å². The van der Waals surface area contributed by atoms with Gasteiger partial charge in [-0.1, -0.05) is 23.7 Å². The number of halogens is 2. The maximum Gasteiger partial charge on any atom is 0.305 e. The lowest BCUT2D eigenvalue weighted by molar-refractivity contribution is -0.387. The first kappa shape index (κ1) is 14.3. The normalized spacial score (nSPS) is 10.3. The van der Waals surface area contributed by atoms with Crippen molar-refractivity contribution in [2.75, 3.05) is 0 Å². The monoisotopic (exact) mass is 295 g/mol. The molecule has 0 heterocycles. The maximum atomic E-state index is 13.4. The van der Waals surface area contributed by atoms with E-state index in [-0.39, 0.29) is 12.4 Å². The molecule has 0 N–H and O–H groups in total. The van der Waals surface area contributed by atoms with Crippen LogP contribution >= 0.6 is 11.6 Å². The minimum absolute atomic E-state index is 0.163. The van der Waals surface area contributed by atoms with Crippen LogP contribution in [0.25, 0.3) is 0 Å². The van der Waals surface area contributed by atoms with Gasteiger partial charge in [-0.2, -0.15) is 4.39 Å². The Morgan fingerprint density at radius 3 is 2.65 bits per heavy atom. The molecule has 0 saturated heterocycles. The molecule has 20 heavy (non-hydrogen) atoms. The Labute approximate surface area is 119 Å². The number of nitrogens with zero attached hydrogens (tertiary/aromatic N) is 1. The SMILES string of the molecule is Cc1ccc(COc2ccc([N+](=O)[O-])c(F)c2)c(Cl)c1. The van der Waals surface area contributed by atoms with Gasteiger partial charge in [-0.25, -0.2) is 0 Å². The molecule has 0 aliphatic heterocycles. The van der Waals surface area contributed by atoms with E-state index < -0.39 is 16.4 Å². The van der Waals surface area contributed by atoms with Crippen molar-refractivity contribution in [2.24, 2.45) is 0 Å². The molecule has 6 heteroatoms. The number of ether oxygens (including phenoxy) is 1. The smallest absolute Gasteiger partial charge is 0.305 e. The summed E-state index contributed by atoms with van der Waals surface area (Å²) < 4.78 is 18.8. The molecule has 0 bridgehead atoms. The molecule has 0 radical (unpaired) electrons. The van der Waals surface area contributed by atoms with E-state index in [4.69, 9.17) is 16.3 Å². The largest absolute Gasteiger partial charge is 0.489 e. The minimum atomic E-state index is -0.928. The molecule has 0 amide bonds. The number of hydrogen-bond donors (Lipinski definition) is 0. The van der Waals surface area contributed by atoms with E-state index >= 15 is 0 Å². The van der Waals surface area contributed by atoms with E-state index in [9.17, 15) is 14.5 Å². The number of benzene rings is 2. The van der Waals surface area contributed by atoms with Gasteiger partial charge in [0.15, 0.2) is 0 Å². The van der Waals surface area contributed by atoms with Gasteiger partial charge in [0.1, 0.15) is 12.4 Å². The highest BCUT2D eigenvalue weighted by Gasteiger charge is 2.14. The molecular weight excluding hydrogens is 285 g/mol. The minimum Gasteiger partial charge on any atom is -0.489 e. The zero-order valence-corrected chi connectivity index (χ0v) is 11.4. The van der Waals surface area contributed by atoms with Crippen LogP contribution in [0.2, 0.25) is 5.02 Å². The molecule has 0 spiro atoms. The molecule has 2 aromatic carbocycles. The lowest BCUT2D eigenvalue weighted by Gasteiger charge is -2.08. The van der Waals surface area contributed by atoms with E-state index in [1.165, 1.54) is 6.07 Å². The quantitative estimate of drug-likeness (QED) is 0.625. The van der Waals surface area contributed by atoms with Crippen LogP contribution in [0.1, 0.15) is 11.1 Å². The second-order valence-corrected chi connectivity index (χ2v) is 4.66. The van der Waals surface area contributed by atoms with Gasteiger partial charge in [0, 0.05) is 22.7 Å². The summed E-state index contributed by atoms with van der Waals surface area (Å²) in [5.74, 6) is -0.716. The maximum absolute atomic E-state index is 13.4. The standard InChI is InChI=1S/C14H11ClFNO3/c1-9-2-3-10(12(15)6-9)8-20-11-4-5-14(17(18)19)13(16)7-11/h2-7H,8H2,1H3. The van der Waals surface area contributed by atoms with Gasteiger partial charge in [-0.15, -0.1) is 0 Å². The number of nitro groups is 1. The molecule has 0 unspecified atom stereocenters. The topological polar surface area (TPSA) is 52.4 Å². The number of aryl methyl sites for hydroxylation is 1. The molecule has 0 aromatic heterocycles. The summed E-state index contributed by atoms with van der Waals surface area (Å²) in [4.78, 5) is 9.71. The van der Waals surface area contributed by atoms with Gasteiger partial charge >= 0.3 is 5.69 Å². The Hall–Kier alpha value is -2.14. The Kier molecular flexibility index (Phi) is 4.20. The van der Waals surface area contributed by atoms with Crippen molar-refractivity contribution in [2.45, 2.75) is 13.5 Å². The Morgan fingerprint density at radius 2 is 2.05 bits per heavy atom. The molecule has 104 valence electrons. The molecule has 0 saturated carbocycles. The van der Waals surface area contributed by atoms with Gasteiger partial charge in [-0.3, -0.25) is 10.1 Å². The fourth-order valence-electron chi connectivity index (χ4n) is 1.66. The lowest BCUT2D eigenvalue weighted by atomic mass is 10.1.